The van der Waals surface area contributed by atoms with Crippen LogP contribution in [0.4, 0.5) is 0 Å². The van der Waals surface area contributed by atoms with Crippen LogP contribution in [0.25, 0.3) is 0 Å². The molecule has 1 nitrogen and oxygen atoms in total. The zero-order valence-corrected chi connectivity index (χ0v) is 12.8. The van der Waals surface area contributed by atoms with Crippen LogP contribution in [-0.2, 0) is 11.8 Å². The molecule has 1 atom stereocenters. The molecule has 0 spiro atoms. The van der Waals surface area contributed by atoms with Crippen molar-refractivity contribution in [2.45, 2.75) is 38.5 Å². The maximum Gasteiger partial charge on any atom is 0.000157 e. The molecule has 2 N–H and O–H groups in total. The van der Waals surface area contributed by atoms with Crippen molar-refractivity contribution in [3.63, 3.8) is 0 Å². The zero-order valence-electron chi connectivity index (χ0n) is 12.8. The second kappa shape index (κ2) is 6.23. The molecule has 0 amide bonds. The van der Waals surface area contributed by atoms with E-state index in [1.807, 2.05) is 0 Å². The van der Waals surface area contributed by atoms with E-state index in [9.17, 15) is 0 Å². The van der Waals surface area contributed by atoms with Gasteiger partial charge in [-0.1, -0.05) is 75.4 Å². The summed E-state index contributed by atoms with van der Waals surface area (Å²) in [6, 6.07) is 19.5. The molecule has 0 saturated carbocycles. The molecule has 0 aromatic heterocycles. The third-order valence-electron chi connectivity index (χ3n) is 3.86. The van der Waals surface area contributed by atoms with Gasteiger partial charge in [-0.05, 0) is 35.1 Å². The Morgan fingerprint density at radius 3 is 2.00 bits per heavy atom. The number of rotatable bonds is 4. The molecule has 2 aromatic carbocycles. The third kappa shape index (κ3) is 3.71. The Balaban J connectivity index is 2.16. The molecule has 2 aromatic rings. The van der Waals surface area contributed by atoms with Gasteiger partial charge in [-0.2, -0.15) is 0 Å². The average Bonchev–Trinajstić information content (AvgIpc) is 2.45. The predicted octanol–water partition coefficient (Wildman–Crippen LogP) is 4.27. The summed E-state index contributed by atoms with van der Waals surface area (Å²) in [7, 11) is 0. The fourth-order valence-corrected chi connectivity index (χ4v) is 2.49. The van der Waals surface area contributed by atoms with Crippen LogP contribution in [0.1, 0.15) is 43.4 Å². The first-order valence-electron chi connectivity index (χ1n) is 7.35. The normalized spacial score (nSPS) is 13.2. The van der Waals surface area contributed by atoms with Gasteiger partial charge in [0.25, 0.3) is 0 Å². The van der Waals surface area contributed by atoms with Gasteiger partial charge in [-0.15, -0.1) is 0 Å². The monoisotopic (exact) mass is 267 g/mol. The van der Waals surface area contributed by atoms with E-state index >= 15 is 0 Å². The lowest BCUT2D eigenvalue weighted by molar-refractivity contribution is 0.589. The number of benzene rings is 2. The SMILES string of the molecule is CC(C)(C)c1ccc([C@@H](CN)Cc2ccccc2)cc1. The molecule has 2 rings (SSSR count). The van der Waals surface area contributed by atoms with Crippen molar-refractivity contribution in [3.05, 3.63) is 71.3 Å². The van der Waals surface area contributed by atoms with Crippen LogP contribution in [0.15, 0.2) is 54.6 Å². The lowest BCUT2D eigenvalue weighted by Gasteiger charge is -2.21. The Morgan fingerprint density at radius 2 is 1.50 bits per heavy atom. The van der Waals surface area contributed by atoms with E-state index in [0.29, 0.717) is 12.5 Å². The Hall–Kier alpha value is -1.60. The minimum atomic E-state index is 0.205. The molecule has 106 valence electrons. The van der Waals surface area contributed by atoms with E-state index in [0.717, 1.165) is 6.42 Å². The molecule has 0 aliphatic carbocycles. The van der Waals surface area contributed by atoms with Gasteiger partial charge in [0.05, 0.1) is 0 Å². The van der Waals surface area contributed by atoms with Crippen LogP contribution in [0, 0.1) is 0 Å². The second-order valence-electron chi connectivity index (χ2n) is 6.49. The van der Waals surface area contributed by atoms with Crippen molar-refractivity contribution in [2.24, 2.45) is 5.73 Å². The summed E-state index contributed by atoms with van der Waals surface area (Å²) in [4.78, 5) is 0. The first-order valence-corrected chi connectivity index (χ1v) is 7.35. The quantitative estimate of drug-likeness (QED) is 0.879. The molecular weight excluding hydrogens is 242 g/mol. The molecule has 0 saturated heterocycles. The van der Waals surface area contributed by atoms with E-state index in [4.69, 9.17) is 5.73 Å². The van der Waals surface area contributed by atoms with Gasteiger partial charge in [0, 0.05) is 5.92 Å². The van der Waals surface area contributed by atoms with Crippen LogP contribution < -0.4 is 5.73 Å². The highest BCUT2D eigenvalue weighted by molar-refractivity contribution is 5.31. The standard InChI is InChI=1S/C19H25N/c1-19(2,3)18-11-9-16(10-12-18)17(14-20)13-15-7-5-4-6-8-15/h4-12,17H,13-14,20H2,1-3H3/t17-/m1/s1. The number of hydrogen-bond acceptors (Lipinski definition) is 1. The smallest absolute Gasteiger partial charge is 0.000157 e. The zero-order chi connectivity index (χ0) is 14.6. The van der Waals surface area contributed by atoms with Crippen LogP contribution in [0.5, 0.6) is 0 Å². The van der Waals surface area contributed by atoms with E-state index in [1.165, 1.54) is 16.7 Å². The maximum absolute atomic E-state index is 5.98. The molecule has 0 heterocycles. The van der Waals surface area contributed by atoms with Crippen LogP contribution in [-0.4, -0.2) is 6.54 Å². The van der Waals surface area contributed by atoms with E-state index < -0.39 is 0 Å². The summed E-state index contributed by atoms with van der Waals surface area (Å²) in [6.45, 7) is 7.41. The largest absolute Gasteiger partial charge is 0.330 e. The van der Waals surface area contributed by atoms with Gasteiger partial charge in [0.1, 0.15) is 0 Å². The molecule has 0 fully saturated rings. The van der Waals surface area contributed by atoms with Crippen LogP contribution in [0.3, 0.4) is 0 Å². The van der Waals surface area contributed by atoms with Gasteiger partial charge in [0.15, 0.2) is 0 Å². The fourth-order valence-electron chi connectivity index (χ4n) is 2.49. The summed E-state index contributed by atoms with van der Waals surface area (Å²) in [5, 5.41) is 0. The lowest BCUT2D eigenvalue weighted by atomic mass is 9.84. The van der Waals surface area contributed by atoms with Crippen molar-refractivity contribution in [3.8, 4) is 0 Å². The summed E-state index contributed by atoms with van der Waals surface area (Å²) in [5.74, 6) is 0.395. The highest BCUT2D eigenvalue weighted by atomic mass is 14.5. The minimum absolute atomic E-state index is 0.205. The van der Waals surface area contributed by atoms with Crippen molar-refractivity contribution < 1.29 is 0 Å². The topological polar surface area (TPSA) is 26.0 Å². The summed E-state index contributed by atoms with van der Waals surface area (Å²) >= 11 is 0. The van der Waals surface area contributed by atoms with Gasteiger partial charge in [0.2, 0.25) is 0 Å². The van der Waals surface area contributed by atoms with Gasteiger partial charge < -0.3 is 5.73 Å². The Kier molecular flexibility index (Phi) is 4.61. The molecule has 20 heavy (non-hydrogen) atoms. The van der Waals surface area contributed by atoms with E-state index in [-0.39, 0.29) is 5.41 Å². The van der Waals surface area contributed by atoms with Crippen molar-refractivity contribution in [1.29, 1.82) is 0 Å². The van der Waals surface area contributed by atoms with Crippen LogP contribution >= 0.6 is 0 Å². The minimum Gasteiger partial charge on any atom is -0.330 e. The molecule has 0 unspecified atom stereocenters. The van der Waals surface area contributed by atoms with Crippen molar-refractivity contribution in [2.75, 3.05) is 6.54 Å². The van der Waals surface area contributed by atoms with Crippen molar-refractivity contribution in [1.82, 2.24) is 0 Å². The molecule has 0 bridgehead atoms. The molecular formula is C19H25N. The van der Waals surface area contributed by atoms with Crippen LogP contribution in [0.2, 0.25) is 0 Å². The number of hydrogen-bond donors (Lipinski definition) is 1. The average molecular weight is 267 g/mol. The maximum atomic E-state index is 5.98. The first-order chi connectivity index (χ1) is 9.50. The molecule has 0 aliphatic heterocycles. The summed E-state index contributed by atoms with van der Waals surface area (Å²) < 4.78 is 0. The predicted molar refractivity (Wildman–Crippen MR) is 87.1 cm³/mol. The fraction of sp³-hybridized carbons (Fsp3) is 0.368. The van der Waals surface area contributed by atoms with Crippen molar-refractivity contribution >= 4 is 0 Å². The molecule has 0 aliphatic rings. The Morgan fingerprint density at radius 1 is 0.900 bits per heavy atom. The lowest BCUT2D eigenvalue weighted by Crippen LogP contribution is -2.16. The van der Waals surface area contributed by atoms with Gasteiger partial charge in [-0.25, -0.2) is 0 Å². The first kappa shape index (κ1) is 14.8. The second-order valence-corrected chi connectivity index (χ2v) is 6.49. The highest BCUT2D eigenvalue weighted by Gasteiger charge is 2.15. The number of nitrogens with two attached hydrogens (primary N) is 1. The Bertz CT molecular complexity index is 520. The summed E-state index contributed by atoms with van der Waals surface area (Å²) in [6.07, 6.45) is 1.01. The summed E-state index contributed by atoms with van der Waals surface area (Å²) in [5.41, 5.74) is 10.2. The Labute approximate surface area is 122 Å². The van der Waals surface area contributed by atoms with Gasteiger partial charge in [-0.3, -0.25) is 0 Å². The molecule has 0 radical (unpaired) electrons. The van der Waals surface area contributed by atoms with E-state index in [2.05, 4.69) is 75.4 Å². The third-order valence-corrected chi connectivity index (χ3v) is 3.86. The van der Waals surface area contributed by atoms with Gasteiger partial charge >= 0.3 is 0 Å². The molecule has 1 heteroatoms. The van der Waals surface area contributed by atoms with E-state index in [1.54, 1.807) is 0 Å². The highest BCUT2D eigenvalue weighted by Crippen LogP contribution is 2.25.